The van der Waals surface area contributed by atoms with Gasteiger partial charge in [0, 0.05) is 55.9 Å². The Balaban J connectivity index is 1.39. The number of anilines is 3. The Morgan fingerprint density at radius 1 is 1.23 bits per heavy atom. The van der Waals surface area contributed by atoms with Gasteiger partial charge < -0.3 is 14.6 Å². The fourth-order valence-electron chi connectivity index (χ4n) is 4.43. The molecule has 2 aliphatic heterocycles. The zero-order valence-corrected chi connectivity index (χ0v) is 17.5. The first-order valence-corrected chi connectivity index (χ1v) is 10.4. The molecular formula is C21H26N8O. The van der Waals surface area contributed by atoms with E-state index in [1.54, 1.807) is 17.3 Å². The smallest absolute Gasteiger partial charge is 0.328 e. The monoisotopic (exact) mass is 406 g/mol. The van der Waals surface area contributed by atoms with Crippen LogP contribution in [0.4, 0.5) is 22.1 Å². The Labute approximate surface area is 175 Å². The second-order valence-corrected chi connectivity index (χ2v) is 8.09. The molecule has 5 rings (SSSR count). The molecule has 2 aliphatic rings. The molecule has 3 aromatic heterocycles. The van der Waals surface area contributed by atoms with Crippen LogP contribution in [0.3, 0.4) is 0 Å². The first-order chi connectivity index (χ1) is 14.5. The Morgan fingerprint density at radius 3 is 2.93 bits per heavy atom. The van der Waals surface area contributed by atoms with Crippen molar-refractivity contribution in [2.75, 3.05) is 41.3 Å². The summed E-state index contributed by atoms with van der Waals surface area (Å²) < 4.78 is 1.90. The van der Waals surface area contributed by atoms with Gasteiger partial charge in [0.25, 0.3) is 0 Å². The molecule has 156 valence electrons. The molecule has 0 aromatic carbocycles. The molecule has 0 bridgehead atoms. The fourth-order valence-corrected chi connectivity index (χ4v) is 4.43. The number of aryl methyl sites for hydroxylation is 2. The lowest BCUT2D eigenvalue weighted by Crippen LogP contribution is -2.49. The van der Waals surface area contributed by atoms with Gasteiger partial charge in [-0.15, -0.1) is 0 Å². The molecule has 9 nitrogen and oxygen atoms in total. The third-order valence-electron chi connectivity index (χ3n) is 5.76. The predicted octanol–water partition coefficient (Wildman–Crippen LogP) is 2.13. The number of piperazine rings is 1. The number of aromatic nitrogens is 4. The molecule has 0 spiro atoms. The second kappa shape index (κ2) is 7.24. The Kier molecular flexibility index (Phi) is 4.54. The lowest BCUT2D eigenvalue weighted by atomic mass is 10.1. The highest BCUT2D eigenvalue weighted by atomic mass is 16.2. The van der Waals surface area contributed by atoms with Crippen LogP contribution < -0.4 is 20.4 Å². The first kappa shape index (κ1) is 18.8. The summed E-state index contributed by atoms with van der Waals surface area (Å²) in [6.07, 6.45) is 6.32. The number of amides is 2. The van der Waals surface area contributed by atoms with E-state index in [-0.39, 0.29) is 6.03 Å². The number of carbonyl (C=O) groups is 1. The van der Waals surface area contributed by atoms with Crippen molar-refractivity contribution in [2.24, 2.45) is 0 Å². The number of hydrogen-bond donors (Lipinski definition) is 2. The normalized spacial score (nSPS) is 18.7. The van der Waals surface area contributed by atoms with Crippen LogP contribution in [0.5, 0.6) is 0 Å². The van der Waals surface area contributed by atoms with Gasteiger partial charge in [0.1, 0.15) is 5.82 Å². The van der Waals surface area contributed by atoms with E-state index in [0.717, 1.165) is 54.5 Å². The van der Waals surface area contributed by atoms with Crippen LogP contribution in [0, 0.1) is 13.8 Å². The summed E-state index contributed by atoms with van der Waals surface area (Å²) in [5.74, 6) is 1.25. The molecule has 1 fully saturated rings. The van der Waals surface area contributed by atoms with Crippen molar-refractivity contribution >= 4 is 29.0 Å². The van der Waals surface area contributed by atoms with Crippen molar-refractivity contribution in [3.63, 3.8) is 0 Å². The lowest BCUT2D eigenvalue weighted by molar-refractivity contribution is 0.257. The van der Waals surface area contributed by atoms with E-state index in [1.807, 2.05) is 24.4 Å². The molecule has 0 aliphatic carbocycles. The van der Waals surface area contributed by atoms with Crippen molar-refractivity contribution in [1.29, 1.82) is 0 Å². The number of nitrogens with zero attached hydrogens (tertiary/aromatic N) is 6. The number of pyridine rings is 1. The summed E-state index contributed by atoms with van der Waals surface area (Å²) in [4.78, 5) is 30.7. The molecular weight excluding hydrogens is 380 g/mol. The van der Waals surface area contributed by atoms with E-state index in [9.17, 15) is 4.79 Å². The number of fused-ring (bicyclic) bond motifs is 2. The molecule has 2 amide bonds. The van der Waals surface area contributed by atoms with Crippen molar-refractivity contribution in [1.82, 2.24) is 24.7 Å². The highest BCUT2D eigenvalue weighted by molar-refractivity contribution is 6.02. The van der Waals surface area contributed by atoms with Gasteiger partial charge in [-0.3, -0.25) is 10.2 Å². The quantitative estimate of drug-likeness (QED) is 0.678. The van der Waals surface area contributed by atoms with Crippen molar-refractivity contribution in [2.45, 2.75) is 33.2 Å². The Bertz CT molecular complexity index is 1120. The zero-order chi connectivity index (χ0) is 20.8. The minimum atomic E-state index is -0.213. The van der Waals surface area contributed by atoms with Crippen LogP contribution in [-0.4, -0.2) is 57.6 Å². The summed E-state index contributed by atoms with van der Waals surface area (Å²) in [6, 6.07) is 2.30. The number of nitrogens with one attached hydrogen (secondary N) is 2. The summed E-state index contributed by atoms with van der Waals surface area (Å²) in [5.41, 5.74) is 4.82. The standard InChI is InChI=1S/C21H26N8O/c1-13-10-27(9-7-22-13)17-4-6-23-20-16(17)5-8-29(20)21(30)26-18-12-28-11-14(2)24-19(28)15(3)25-18/h4,6,11-13,22H,5,7-10H2,1-3H3,(H,26,30)/t13-/m1/s1. The number of imidazole rings is 1. The number of rotatable bonds is 2. The molecule has 0 unspecified atom stereocenters. The van der Waals surface area contributed by atoms with Crippen LogP contribution >= 0.6 is 0 Å². The molecule has 30 heavy (non-hydrogen) atoms. The van der Waals surface area contributed by atoms with E-state index in [4.69, 9.17) is 0 Å². The van der Waals surface area contributed by atoms with Gasteiger partial charge in [-0.25, -0.2) is 19.7 Å². The molecule has 1 saturated heterocycles. The molecule has 3 aromatic rings. The highest BCUT2D eigenvalue weighted by Crippen LogP contribution is 2.34. The minimum absolute atomic E-state index is 0.213. The number of hydrogen-bond acceptors (Lipinski definition) is 6. The van der Waals surface area contributed by atoms with Crippen molar-refractivity contribution in [3.05, 3.63) is 41.6 Å². The fraction of sp³-hybridized carbons (Fsp3) is 0.429. The van der Waals surface area contributed by atoms with Gasteiger partial charge >= 0.3 is 6.03 Å². The van der Waals surface area contributed by atoms with Crippen LogP contribution in [0.25, 0.3) is 5.65 Å². The molecule has 1 atom stereocenters. The molecule has 2 N–H and O–H groups in total. The SMILES string of the molecule is Cc1cn2cc(NC(=O)N3CCc4c(N5CCN[C@H](C)C5)ccnc43)nc(C)c2n1. The van der Waals surface area contributed by atoms with Gasteiger partial charge in [-0.1, -0.05) is 0 Å². The average molecular weight is 406 g/mol. The summed E-state index contributed by atoms with van der Waals surface area (Å²) >= 11 is 0. The van der Waals surface area contributed by atoms with Crippen LogP contribution in [-0.2, 0) is 6.42 Å². The summed E-state index contributed by atoms with van der Waals surface area (Å²) in [5, 5.41) is 6.41. The highest BCUT2D eigenvalue weighted by Gasteiger charge is 2.30. The van der Waals surface area contributed by atoms with Crippen LogP contribution in [0.15, 0.2) is 24.7 Å². The maximum atomic E-state index is 13.1. The molecule has 0 saturated carbocycles. The maximum absolute atomic E-state index is 13.1. The molecule has 5 heterocycles. The van der Waals surface area contributed by atoms with E-state index in [2.05, 4.69) is 43.5 Å². The lowest BCUT2D eigenvalue weighted by Gasteiger charge is -2.34. The zero-order valence-electron chi connectivity index (χ0n) is 17.5. The van der Waals surface area contributed by atoms with Gasteiger partial charge in [-0.2, -0.15) is 0 Å². The second-order valence-electron chi connectivity index (χ2n) is 8.09. The van der Waals surface area contributed by atoms with Gasteiger partial charge in [0.2, 0.25) is 0 Å². The topological polar surface area (TPSA) is 90.7 Å². The maximum Gasteiger partial charge on any atom is 0.328 e. The summed E-state index contributed by atoms with van der Waals surface area (Å²) in [6.45, 7) is 9.51. The third-order valence-corrected chi connectivity index (χ3v) is 5.76. The minimum Gasteiger partial charge on any atom is -0.368 e. The van der Waals surface area contributed by atoms with Gasteiger partial charge in [0.15, 0.2) is 11.5 Å². The average Bonchev–Trinajstić information content (AvgIpc) is 3.31. The Morgan fingerprint density at radius 2 is 2.10 bits per heavy atom. The first-order valence-electron chi connectivity index (χ1n) is 10.4. The van der Waals surface area contributed by atoms with E-state index in [1.165, 1.54) is 5.69 Å². The van der Waals surface area contributed by atoms with Gasteiger partial charge in [0.05, 0.1) is 17.6 Å². The van der Waals surface area contributed by atoms with E-state index < -0.39 is 0 Å². The third kappa shape index (κ3) is 3.24. The predicted molar refractivity (Wildman–Crippen MR) is 116 cm³/mol. The molecule has 9 heteroatoms. The van der Waals surface area contributed by atoms with E-state index in [0.29, 0.717) is 18.4 Å². The van der Waals surface area contributed by atoms with Gasteiger partial charge in [-0.05, 0) is 33.3 Å². The van der Waals surface area contributed by atoms with E-state index >= 15 is 0 Å². The Hall–Kier alpha value is -3.20. The largest absolute Gasteiger partial charge is 0.368 e. The van der Waals surface area contributed by atoms with Crippen LogP contribution in [0.2, 0.25) is 0 Å². The van der Waals surface area contributed by atoms with Crippen molar-refractivity contribution < 1.29 is 4.79 Å². The number of carbonyl (C=O) groups excluding carboxylic acids is 1. The summed E-state index contributed by atoms with van der Waals surface area (Å²) in [7, 11) is 0. The molecule has 0 radical (unpaired) electrons. The van der Waals surface area contributed by atoms with Crippen LogP contribution in [0.1, 0.15) is 23.9 Å². The van der Waals surface area contributed by atoms with Crippen molar-refractivity contribution in [3.8, 4) is 0 Å². The number of urea groups is 1.